The van der Waals surface area contributed by atoms with Gasteiger partial charge in [-0.1, -0.05) is 46.4 Å². The average molecular weight is 364 g/mol. The lowest BCUT2D eigenvalue weighted by atomic mass is 9.88. The Kier molecular flexibility index (Phi) is 3.69. The summed E-state index contributed by atoms with van der Waals surface area (Å²) in [4.78, 5) is 0. The molecule has 0 saturated heterocycles. The number of phenolic OH excluding ortho intramolecular Hbond substituents is 2. The SMILES string of the molecule is Oc1c(Cl)cc(C2(c3cc(Cl)c(O)c(Cl)c3)CC2)cc1Cl. The molecule has 6 heteroatoms. The minimum atomic E-state index is -0.276. The zero-order valence-electron chi connectivity index (χ0n) is 10.6. The molecule has 0 aromatic heterocycles. The number of hydrogen-bond acceptors (Lipinski definition) is 2. The summed E-state index contributed by atoms with van der Waals surface area (Å²) >= 11 is 24.0. The van der Waals surface area contributed by atoms with E-state index in [0.717, 1.165) is 24.0 Å². The lowest BCUT2D eigenvalue weighted by Crippen LogP contribution is -2.09. The molecule has 0 aliphatic heterocycles. The number of aromatic hydroxyl groups is 2. The molecule has 2 nitrogen and oxygen atoms in total. The minimum Gasteiger partial charge on any atom is -0.505 e. The first-order chi connectivity index (χ1) is 9.85. The van der Waals surface area contributed by atoms with E-state index >= 15 is 0 Å². The highest BCUT2D eigenvalue weighted by atomic mass is 35.5. The molecule has 1 fully saturated rings. The summed E-state index contributed by atoms with van der Waals surface area (Å²) in [6.45, 7) is 0. The quantitative estimate of drug-likeness (QED) is 0.708. The van der Waals surface area contributed by atoms with Crippen molar-refractivity contribution >= 4 is 46.4 Å². The Balaban J connectivity index is 2.14. The average Bonchev–Trinajstić information content (AvgIpc) is 3.22. The number of hydrogen-bond donors (Lipinski definition) is 2. The molecule has 21 heavy (non-hydrogen) atoms. The van der Waals surface area contributed by atoms with Gasteiger partial charge in [-0.2, -0.15) is 0 Å². The standard InChI is InChI=1S/C15H10Cl4O2/c16-9-3-7(4-10(17)13(9)20)15(1-2-15)8-5-11(18)14(21)12(19)6-8/h3-6,20-21H,1-2H2. The van der Waals surface area contributed by atoms with Gasteiger partial charge in [0.15, 0.2) is 11.5 Å². The van der Waals surface area contributed by atoms with Crippen LogP contribution in [0, 0.1) is 0 Å². The lowest BCUT2D eigenvalue weighted by Gasteiger charge is -2.19. The Morgan fingerprint density at radius 2 is 0.952 bits per heavy atom. The molecule has 0 radical (unpaired) electrons. The Morgan fingerprint density at radius 3 is 1.19 bits per heavy atom. The number of halogens is 4. The minimum absolute atomic E-state index is 0.125. The van der Waals surface area contributed by atoms with E-state index in [1.54, 1.807) is 24.3 Å². The summed E-state index contributed by atoms with van der Waals surface area (Å²) in [6.07, 6.45) is 1.78. The maximum atomic E-state index is 9.67. The Hall–Kier alpha value is -0.800. The van der Waals surface area contributed by atoms with Gasteiger partial charge in [0.2, 0.25) is 0 Å². The van der Waals surface area contributed by atoms with Gasteiger partial charge in [0.25, 0.3) is 0 Å². The summed E-state index contributed by atoms with van der Waals surface area (Å²) < 4.78 is 0. The van der Waals surface area contributed by atoms with Crippen LogP contribution in [-0.4, -0.2) is 10.2 Å². The first-order valence-corrected chi connectivity index (χ1v) is 7.73. The number of phenols is 2. The molecule has 0 atom stereocenters. The topological polar surface area (TPSA) is 40.5 Å². The van der Waals surface area contributed by atoms with Crippen LogP contribution in [0.3, 0.4) is 0 Å². The maximum absolute atomic E-state index is 9.67. The molecule has 2 aromatic carbocycles. The third-order valence-electron chi connectivity index (χ3n) is 3.89. The van der Waals surface area contributed by atoms with Gasteiger partial charge < -0.3 is 10.2 Å². The normalized spacial score (nSPS) is 16.0. The van der Waals surface area contributed by atoms with E-state index in [0.29, 0.717) is 0 Å². The van der Waals surface area contributed by atoms with Crippen LogP contribution < -0.4 is 0 Å². The first-order valence-electron chi connectivity index (χ1n) is 6.22. The molecule has 0 spiro atoms. The van der Waals surface area contributed by atoms with Crippen molar-refractivity contribution in [2.24, 2.45) is 0 Å². The molecule has 2 aromatic rings. The van der Waals surface area contributed by atoms with Crippen molar-refractivity contribution in [2.75, 3.05) is 0 Å². The lowest BCUT2D eigenvalue weighted by molar-refractivity contribution is 0.475. The van der Waals surface area contributed by atoms with E-state index in [1.807, 2.05) is 0 Å². The van der Waals surface area contributed by atoms with Gasteiger partial charge in [0, 0.05) is 5.41 Å². The highest BCUT2D eigenvalue weighted by Crippen LogP contribution is 2.56. The highest BCUT2D eigenvalue weighted by molar-refractivity contribution is 6.37. The summed E-state index contributed by atoms with van der Waals surface area (Å²) in [5.74, 6) is -0.251. The first kappa shape index (κ1) is 15.1. The molecule has 1 saturated carbocycles. The van der Waals surface area contributed by atoms with E-state index in [2.05, 4.69) is 0 Å². The van der Waals surface area contributed by atoms with Crippen molar-refractivity contribution in [1.82, 2.24) is 0 Å². The van der Waals surface area contributed by atoms with Crippen LogP contribution in [0.2, 0.25) is 20.1 Å². The Morgan fingerprint density at radius 1 is 0.667 bits per heavy atom. The summed E-state index contributed by atoms with van der Waals surface area (Å²) in [5, 5.41) is 20.2. The van der Waals surface area contributed by atoms with Gasteiger partial charge in [-0.15, -0.1) is 0 Å². The van der Waals surface area contributed by atoms with Gasteiger partial charge in [0.05, 0.1) is 20.1 Å². The van der Waals surface area contributed by atoms with E-state index < -0.39 is 0 Å². The molecular weight excluding hydrogens is 354 g/mol. The second kappa shape index (κ2) is 5.13. The van der Waals surface area contributed by atoms with Crippen LogP contribution in [-0.2, 0) is 5.41 Å². The molecular formula is C15H10Cl4O2. The van der Waals surface area contributed by atoms with Crippen LogP contribution in [0.25, 0.3) is 0 Å². The fourth-order valence-electron chi connectivity index (χ4n) is 2.55. The molecule has 0 unspecified atom stereocenters. The zero-order valence-corrected chi connectivity index (χ0v) is 13.7. The summed E-state index contributed by atoms with van der Waals surface area (Å²) in [6, 6.07) is 6.80. The van der Waals surface area contributed by atoms with Crippen LogP contribution in [0.15, 0.2) is 24.3 Å². The third-order valence-corrected chi connectivity index (χ3v) is 5.04. The number of rotatable bonds is 2. The summed E-state index contributed by atoms with van der Waals surface area (Å²) in [5.41, 5.74) is 1.52. The Labute approximate surface area is 141 Å². The molecule has 2 N–H and O–H groups in total. The van der Waals surface area contributed by atoms with Crippen LogP contribution in [0.1, 0.15) is 24.0 Å². The van der Waals surface area contributed by atoms with E-state index in [4.69, 9.17) is 46.4 Å². The smallest absolute Gasteiger partial charge is 0.152 e. The van der Waals surface area contributed by atoms with Crippen molar-refractivity contribution in [3.63, 3.8) is 0 Å². The third kappa shape index (κ3) is 2.44. The number of benzene rings is 2. The van der Waals surface area contributed by atoms with Crippen molar-refractivity contribution in [1.29, 1.82) is 0 Å². The molecule has 1 aliphatic rings. The molecule has 0 amide bonds. The second-order valence-electron chi connectivity index (χ2n) is 5.16. The monoisotopic (exact) mass is 362 g/mol. The largest absolute Gasteiger partial charge is 0.505 e. The van der Waals surface area contributed by atoms with E-state index in [9.17, 15) is 10.2 Å². The molecule has 0 bridgehead atoms. The zero-order chi connectivity index (χ0) is 15.4. The van der Waals surface area contributed by atoms with Gasteiger partial charge in [-0.3, -0.25) is 0 Å². The van der Waals surface area contributed by atoms with E-state index in [-0.39, 0.29) is 37.0 Å². The van der Waals surface area contributed by atoms with Gasteiger partial charge in [-0.05, 0) is 48.2 Å². The highest BCUT2D eigenvalue weighted by Gasteiger charge is 2.46. The molecule has 1 aliphatic carbocycles. The fourth-order valence-corrected chi connectivity index (χ4v) is 3.53. The van der Waals surface area contributed by atoms with Gasteiger partial charge in [-0.25, -0.2) is 0 Å². The Bertz CT molecular complexity index is 633. The molecule has 3 rings (SSSR count). The van der Waals surface area contributed by atoms with Crippen molar-refractivity contribution < 1.29 is 10.2 Å². The van der Waals surface area contributed by atoms with E-state index in [1.165, 1.54) is 0 Å². The predicted octanol–water partition coefficient (Wildman–Crippen LogP) is 5.79. The maximum Gasteiger partial charge on any atom is 0.152 e. The molecule has 110 valence electrons. The summed E-state index contributed by atoms with van der Waals surface area (Å²) in [7, 11) is 0. The predicted molar refractivity (Wildman–Crippen MR) is 86.3 cm³/mol. The van der Waals surface area contributed by atoms with Crippen LogP contribution in [0.4, 0.5) is 0 Å². The van der Waals surface area contributed by atoms with Gasteiger partial charge >= 0.3 is 0 Å². The second-order valence-corrected chi connectivity index (χ2v) is 6.79. The van der Waals surface area contributed by atoms with Crippen molar-refractivity contribution in [3.8, 4) is 11.5 Å². The fraction of sp³-hybridized carbons (Fsp3) is 0.200. The van der Waals surface area contributed by atoms with Crippen molar-refractivity contribution in [3.05, 3.63) is 55.5 Å². The van der Waals surface area contributed by atoms with Crippen LogP contribution >= 0.6 is 46.4 Å². The van der Waals surface area contributed by atoms with Gasteiger partial charge in [0.1, 0.15) is 0 Å². The van der Waals surface area contributed by atoms with Crippen molar-refractivity contribution in [2.45, 2.75) is 18.3 Å². The van der Waals surface area contributed by atoms with Crippen LogP contribution in [0.5, 0.6) is 11.5 Å². The molecule has 0 heterocycles.